The van der Waals surface area contributed by atoms with Crippen molar-refractivity contribution in [1.82, 2.24) is 0 Å². The molecule has 2 aromatic carbocycles. The van der Waals surface area contributed by atoms with Crippen LogP contribution in [0.1, 0.15) is 173 Å². The average molecular weight is 696 g/mol. The van der Waals surface area contributed by atoms with Crippen molar-refractivity contribution in [1.29, 1.82) is 0 Å². The summed E-state index contributed by atoms with van der Waals surface area (Å²) in [5.74, 6) is 1.09. The summed E-state index contributed by atoms with van der Waals surface area (Å²) in [6.07, 6.45) is 1.71. The van der Waals surface area contributed by atoms with Crippen LogP contribution in [0.3, 0.4) is 0 Å². The van der Waals surface area contributed by atoms with Crippen molar-refractivity contribution in [3.63, 3.8) is 0 Å². The van der Waals surface area contributed by atoms with Crippen molar-refractivity contribution in [2.24, 2.45) is 0 Å². The Hall–Kier alpha value is -3.22. The van der Waals surface area contributed by atoms with E-state index in [2.05, 4.69) is 119 Å². The molecule has 0 aromatic heterocycles. The Balaban J connectivity index is 3.06. The minimum atomic E-state index is -0.716. The standard InChI is InChI=1S/C43H69NO6/c1-20-21-22-23-44(28-24-30(38(2,3)4)34(31(25-28)39(5,6)7)47-36(45)49-42(14,15)16)29-26-32(40(8,9)10)35(33(27-29)41(11,12)13)48-37(46)50-43(17,18)19/h24-27H,20-23H2,1-19H3. The molecule has 0 spiro atoms. The number of nitrogens with zero attached hydrogens (tertiary/aromatic N) is 1. The first-order valence-corrected chi connectivity index (χ1v) is 18.3. The molecule has 7 nitrogen and oxygen atoms in total. The smallest absolute Gasteiger partial charge is 0.428 e. The van der Waals surface area contributed by atoms with Gasteiger partial charge in [-0.05, 0) is 93.9 Å². The summed E-state index contributed by atoms with van der Waals surface area (Å²) in [4.78, 5) is 28.7. The van der Waals surface area contributed by atoms with E-state index in [1.165, 1.54) is 0 Å². The third-order valence-electron chi connectivity index (χ3n) is 8.14. The zero-order valence-corrected chi connectivity index (χ0v) is 35.0. The Kier molecular flexibility index (Phi) is 13.0. The minimum absolute atomic E-state index is 0.360. The summed E-state index contributed by atoms with van der Waals surface area (Å²) in [5, 5.41) is 0. The largest absolute Gasteiger partial charge is 0.514 e. The zero-order chi connectivity index (χ0) is 38.8. The molecule has 7 heteroatoms. The Bertz CT molecular complexity index is 1320. The van der Waals surface area contributed by atoms with Gasteiger partial charge in [0.2, 0.25) is 0 Å². The fourth-order valence-electron chi connectivity index (χ4n) is 5.62. The molecule has 0 bridgehead atoms. The number of carbonyl (C=O) groups excluding carboxylic acids is 2. The summed E-state index contributed by atoms with van der Waals surface area (Å²) >= 11 is 0. The number of benzene rings is 2. The molecule has 282 valence electrons. The molecule has 0 aliphatic carbocycles. The number of anilines is 2. The third kappa shape index (κ3) is 12.2. The van der Waals surface area contributed by atoms with Crippen LogP contribution < -0.4 is 14.4 Å². The van der Waals surface area contributed by atoms with E-state index in [0.29, 0.717) is 11.5 Å². The zero-order valence-electron chi connectivity index (χ0n) is 35.0. The summed E-state index contributed by atoms with van der Waals surface area (Å²) < 4.78 is 23.5. The molecule has 0 unspecified atom stereocenters. The monoisotopic (exact) mass is 696 g/mol. The highest BCUT2D eigenvalue weighted by molar-refractivity contribution is 5.75. The second-order valence-electron chi connectivity index (χ2n) is 19.7. The van der Waals surface area contributed by atoms with Crippen LogP contribution in [0, 0.1) is 0 Å². The van der Waals surface area contributed by atoms with Gasteiger partial charge in [0.1, 0.15) is 22.7 Å². The van der Waals surface area contributed by atoms with Gasteiger partial charge in [0.05, 0.1) is 0 Å². The first-order valence-electron chi connectivity index (χ1n) is 18.3. The van der Waals surface area contributed by atoms with Crippen LogP contribution in [0.2, 0.25) is 0 Å². The van der Waals surface area contributed by atoms with Gasteiger partial charge in [-0.2, -0.15) is 0 Å². The van der Waals surface area contributed by atoms with Crippen LogP contribution in [0.15, 0.2) is 24.3 Å². The Morgan fingerprint density at radius 1 is 0.500 bits per heavy atom. The van der Waals surface area contributed by atoms with Crippen molar-refractivity contribution in [2.45, 2.75) is 184 Å². The van der Waals surface area contributed by atoms with Crippen molar-refractivity contribution < 1.29 is 28.5 Å². The molecule has 0 heterocycles. The first-order chi connectivity index (χ1) is 22.3. The second kappa shape index (κ2) is 15.2. The molecule has 0 atom stereocenters. The number of hydrogen-bond donors (Lipinski definition) is 0. The molecule has 0 amide bonds. The maximum atomic E-state index is 13.1. The molecule has 0 aliphatic rings. The first kappa shape index (κ1) is 42.9. The van der Waals surface area contributed by atoms with Gasteiger partial charge in [0.15, 0.2) is 0 Å². The van der Waals surface area contributed by atoms with E-state index >= 15 is 0 Å². The summed E-state index contributed by atoms with van der Waals surface area (Å²) in [7, 11) is 0. The van der Waals surface area contributed by atoms with E-state index in [4.69, 9.17) is 18.9 Å². The Morgan fingerprint density at radius 3 is 1.00 bits per heavy atom. The topological polar surface area (TPSA) is 74.3 Å². The molecule has 0 saturated heterocycles. The van der Waals surface area contributed by atoms with Gasteiger partial charge in [0, 0.05) is 40.2 Å². The van der Waals surface area contributed by atoms with E-state index in [1.807, 2.05) is 41.5 Å². The molecular formula is C43H69NO6. The molecule has 2 aromatic rings. The number of carbonyl (C=O) groups is 2. The van der Waals surface area contributed by atoms with Crippen LogP contribution in [0.4, 0.5) is 21.0 Å². The number of rotatable bonds is 8. The van der Waals surface area contributed by atoms with Crippen molar-refractivity contribution in [3.8, 4) is 11.5 Å². The second-order valence-corrected chi connectivity index (χ2v) is 19.7. The van der Waals surface area contributed by atoms with Gasteiger partial charge in [-0.25, -0.2) is 9.59 Å². The van der Waals surface area contributed by atoms with Crippen LogP contribution >= 0.6 is 0 Å². The third-order valence-corrected chi connectivity index (χ3v) is 8.14. The predicted octanol–water partition coefficient (Wildman–Crippen LogP) is 12.8. The van der Waals surface area contributed by atoms with Gasteiger partial charge in [-0.3, -0.25) is 0 Å². The lowest BCUT2D eigenvalue weighted by atomic mass is 9.78. The SMILES string of the molecule is CCCCCN(c1cc(C(C)(C)C)c(OC(=O)OC(C)(C)C)c(C(C)(C)C)c1)c1cc(C(C)(C)C)c(OC(=O)OC(C)(C)C)c(C(C)(C)C)c1. The molecule has 0 fully saturated rings. The molecule has 2 rings (SSSR count). The molecule has 50 heavy (non-hydrogen) atoms. The lowest BCUT2D eigenvalue weighted by molar-refractivity contribution is 0.0186. The van der Waals surface area contributed by atoms with Gasteiger partial charge < -0.3 is 23.8 Å². The van der Waals surface area contributed by atoms with Crippen LogP contribution in [0.25, 0.3) is 0 Å². The van der Waals surface area contributed by atoms with Crippen molar-refractivity contribution in [2.75, 3.05) is 11.4 Å². The fourth-order valence-corrected chi connectivity index (χ4v) is 5.62. The van der Waals surface area contributed by atoms with Gasteiger partial charge in [-0.15, -0.1) is 0 Å². The maximum absolute atomic E-state index is 13.1. The lowest BCUT2D eigenvalue weighted by Gasteiger charge is -2.35. The van der Waals surface area contributed by atoms with Crippen molar-refractivity contribution >= 4 is 23.7 Å². The average Bonchev–Trinajstić information content (AvgIpc) is 2.87. The van der Waals surface area contributed by atoms with Gasteiger partial charge in [-0.1, -0.05) is 103 Å². The highest BCUT2D eigenvalue weighted by atomic mass is 16.7. The van der Waals surface area contributed by atoms with E-state index in [9.17, 15) is 9.59 Å². The number of ether oxygens (including phenoxy) is 4. The lowest BCUT2D eigenvalue weighted by Crippen LogP contribution is -2.29. The number of hydrogen-bond acceptors (Lipinski definition) is 7. The molecular weight excluding hydrogens is 626 g/mol. The Morgan fingerprint density at radius 2 is 0.780 bits per heavy atom. The van der Waals surface area contributed by atoms with Crippen molar-refractivity contribution in [3.05, 3.63) is 46.5 Å². The molecule has 0 N–H and O–H groups in total. The summed E-state index contributed by atoms with van der Waals surface area (Å²) in [5.41, 5.74) is 2.87. The highest BCUT2D eigenvalue weighted by Gasteiger charge is 2.34. The molecule has 0 saturated carbocycles. The Labute approximate surface area is 304 Å². The van der Waals surface area contributed by atoms with E-state index in [-0.39, 0.29) is 21.7 Å². The minimum Gasteiger partial charge on any atom is -0.428 e. The van der Waals surface area contributed by atoms with Crippen LogP contribution in [-0.4, -0.2) is 30.1 Å². The fraction of sp³-hybridized carbons (Fsp3) is 0.674. The normalized spacial score (nSPS) is 13.2. The van der Waals surface area contributed by atoms with Crippen LogP contribution in [-0.2, 0) is 31.1 Å². The van der Waals surface area contributed by atoms with Gasteiger partial charge in [0.25, 0.3) is 0 Å². The van der Waals surface area contributed by atoms with E-state index < -0.39 is 23.5 Å². The number of unbranched alkanes of at least 4 members (excludes halogenated alkanes) is 2. The maximum Gasteiger partial charge on any atom is 0.514 e. The van der Waals surface area contributed by atoms with E-state index in [1.54, 1.807) is 0 Å². The highest BCUT2D eigenvalue weighted by Crippen LogP contribution is 2.47. The summed E-state index contributed by atoms with van der Waals surface area (Å²) in [6, 6.07) is 8.66. The summed E-state index contributed by atoms with van der Waals surface area (Å²) in [6.45, 7) is 39.7. The molecule has 0 radical (unpaired) electrons. The van der Waals surface area contributed by atoms with E-state index in [0.717, 1.165) is 59.4 Å². The van der Waals surface area contributed by atoms with Crippen LogP contribution in [0.5, 0.6) is 11.5 Å². The molecule has 0 aliphatic heterocycles. The quantitative estimate of drug-likeness (QED) is 0.155. The predicted molar refractivity (Wildman–Crippen MR) is 208 cm³/mol. The van der Waals surface area contributed by atoms with Gasteiger partial charge >= 0.3 is 12.3 Å².